The predicted octanol–water partition coefficient (Wildman–Crippen LogP) is 1.10. The Morgan fingerprint density at radius 1 is 1.44 bits per heavy atom. The minimum atomic E-state index is -0.819. The smallest absolute Gasteiger partial charge is 0.321 e. The van der Waals surface area contributed by atoms with Crippen LogP contribution in [0.25, 0.3) is 5.57 Å². The third-order valence-corrected chi connectivity index (χ3v) is 2.74. The Bertz CT molecular complexity index is 440. The minimum absolute atomic E-state index is 0.476. The molecule has 2 rings (SSSR count). The van der Waals surface area contributed by atoms with Crippen molar-refractivity contribution in [1.29, 1.82) is 0 Å². The van der Waals surface area contributed by atoms with Crippen LogP contribution in [-0.4, -0.2) is 23.7 Å². The zero-order chi connectivity index (χ0) is 11.5. The van der Waals surface area contributed by atoms with E-state index >= 15 is 0 Å². The number of nitrogens with one attached hydrogen (secondary N) is 1. The molecule has 0 radical (unpaired) electrons. The number of hydrogen-bond acceptors (Lipinski definition) is 3. The number of aliphatic carboxylic acids is 1. The molecular formula is C12H14N2O2. The molecule has 4 nitrogen and oxygen atoms in total. The SMILES string of the molecule is Nc1ccccc1C1=CCNC(C(=O)O)C1. The van der Waals surface area contributed by atoms with Crippen LogP contribution in [-0.2, 0) is 4.79 Å². The largest absolute Gasteiger partial charge is 0.480 e. The molecule has 0 amide bonds. The summed E-state index contributed by atoms with van der Waals surface area (Å²) in [4.78, 5) is 10.9. The molecule has 1 aromatic rings. The van der Waals surface area contributed by atoms with Crippen molar-refractivity contribution < 1.29 is 9.90 Å². The molecule has 1 aliphatic rings. The van der Waals surface area contributed by atoms with E-state index < -0.39 is 12.0 Å². The zero-order valence-corrected chi connectivity index (χ0v) is 8.81. The van der Waals surface area contributed by atoms with Crippen LogP contribution >= 0.6 is 0 Å². The van der Waals surface area contributed by atoms with Gasteiger partial charge in [-0.1, -0.05) is 24.3 Å². The van der Waals surface area contributed by atoms with Crippen LogP contribution in [0.3, 0.4) is 0 Å². The van der Waals surface area contributed by atoms with Gasteiger partial charge >= 0.3 is 5.97 Å². The van der Waals surface area contributed by atoms with E-state index in [9.17, 15) is 4.79 Å². The normalized spacial score (nSPS) is 20.2. The Morgan fingerprint density at radius 3 is 2.88 bits per heavy atom. The van der Waals surface area contributed by atoms with Crippen molar-refractivity contribution in [3.8, 4) is 0 Å². The van der Waals surface area contributed by atoms with Crippen molar-refractivity contribution in [2.45, 2.75) is 12.5 Å². The van der Waals surface area contributed by atoms with Gasteiger partial charge in [-0.3, -0.25) is 4.79 Å². The lowest BCUT2D eigenvalue weighted by molar-refractivity contribution is -0.139. The van der Waals surface area contributed by atoms with Gasteiger partial charge in [0.1, 0.15) is 6.04 Å². The highest BCUT2D eigenvalue weighted by Crippen LogP contribution is 2.26. The Labute approximate surface area is 93.8 Å². The van der Waals surface area contributed by atoms with Crippen molar-refractivity contribution in [2.24, 2.45) is 0 Å². The van der Waals surface area contributed by atoms with Gasteiger partial charge in [0.05, 0.1) is 0 Å². The summed E-state index contributed by atoms with van der Waals surface area (Å²) in [5, 5.41) is 11.9. The summed E-state index contributed by atoms with van der Waals surface area (Å²) in [6.07, 6.45) is 2.47. The molecule has 1 atom stereocenters. The number of para-hydroxylation sites is 1. The first-order valence-corrected chi connectivity index (χ1v) is 5.18. The third-order valence-electron chi connectivity index (χ3n) is 2.74. The maximum Gasteiger partial charge on any atom is 0.321 e. The highest BCUT2D eigenvalue weighted by Gasteiger charge is 2.22. The molecule has 0 bridgehead atoms. The van der Waals surface area contributed by atoms with Crippen molar-refractivity contribution in [1.82, 2.24) is 5.32 Å². The number of anilines is 1. The second-order valence-corrected chi connectivity index (χ2v) is 3.82. The van der Waals surface area contributed by atoms with Gasteiger partial charge in [0, 0.05) is 17.8 Å². The highest BCUT2D eigenvalue weighted by molar-refractivity contribution is 5.82. The fraction of sp³-hybridized carbons (Fsp3) is 0.250. The number of carboxylic acid groups (broad SMARTS) is 1. The van der Waals surface area contributed by atoms with E-state index in [0.29, 0.717) is 18.7 Å². The Morgan fingerprint density at radius 2 is 2.19 bits per heavy atom. The third kappa shape index (κ3) is 2.06. The molecule has 1 heterocycles. The van der Waals surface area contributed by atoms with E-state index in [1.54, 1.807) is 0 Å². The zero-order valence-electron chi connectivity index (χ0n) is 8.81. The first-order valence-electron chi connectivity index (χ1n) is 5.18. The van der Waals surface area contributed by atoms with Crippen molar-refractivity contribution in [2.75, 3.05) is 12.3 Å². The van der Waals surface area contributed by atoms with Gasteiger partial charge in [-0.25, -0.2) is 0 Å². The van der Waals surface area contributed by atoms with E-state index in [-0.39, 0.29) is 0 Å². The maximum atomic E-state index is 10.9. The Kier molecular flexibility index (Phi) is 2.92. The molecule has 1 aromatic carbocycles. The van der Waals surface area contributed by atoms with Gasteiger partial charge in [-0.2, -0.15) is 0 Å². The summed E-state index contributed by atoms with van der Waals surface area (Å²) in [7, 11) is 0. The number of carboxylic acids is 1. The molecule has 0 saturated carbocycles. The number of carbonyl (C=O) groups is 1. The van der Waals surface area contributed by atoms with Crippen molar-refractivity contribution in [3.05, 3.63) is 35.9 Å². The lowest BCUT2D eigenvalue weighted by atomic mass is 9.94. The van der Waals surface area contributed by atoms with Gasteiger partial charge in [-0.15, -0.1) is 0 Å². The average Bonchev–Trinajstić information content (AvgIpc) is 2.30. The summed E-state index contributed by atoms with van der Waals surface area (Å²) in [5.41, 5.74) is 8.50. The molecule has 0 fully saturated rings. The van der Waals surface area contributed by atoms with E-state index in [0.717, 1.165) is 11.1 Å². The van der Waals surface area contributed by atoms with Gasteiger partial charge in [0.2, 0.25) is 0 Å². The van der Waals surface area contributed by atoms with Gasteiger partial charge in [0.25, 0.3) is 0 Å². The van der Waals surface area contributed by atoms with E-state index in [2.05, 4.69) is 5.32 Å². The summed E-state index contributed by atoms with van der Waals surface area (Å²) < 4.78 is 0. The predicted molar refractivity (Wildman–Crippen MR) is 62.9 cm³/mol. The van der Waals surface area contributed by atoms with Crippen LogP contribution in [0, 0.1) is 0 Å². The van der Waals surface area contributed by atoms with E-state index in [1.165, 1.54) is 0 Å². The summed E-state index contributed by atoms with van der Waals surface area (Å²) in [5.74, 6) is -0.819. The Balaban J connectivity index is 2.26. The Hall–Kier alpha value is -1.81. The molecule has 1 unspecified atom stereocenters. The summed E-state index contributed by atoms with van der Waals surface area (Å²) in [6.45, 7) is 0.570. The average molecular weight is 218 g/mol. The van der Waals surface area contributed by atoms with Crippen LogP contribution < -0.4 is 11.1 Å². The van der Waals surface area contributed by atoms with Crippen LogP contribution in [0.1, 0.15) is 12.0 Å². The molecule has 0 spiro atoms. The molecular weight excluding hydrogens is 204 g/mol. The molecule has 4 heteroatoms. The monoisotopic (exact) mass is 218 g/mol. The minimum Gasteiger partial charge on any atom is -0.480 e. The van der Waals surface area contributed by atoms with Crippen LogP contribution in [0.5, 0.6) is 0 Å². The lowest BCUT2D eigenvalue weighted by Crippen LogP contribution is -2.39. The number of nitrogens with two attached hydrogens (primary N) is 1. The lowest BCUT2D eigenvalue weighted by Gasteiger charge is -2.21. The van der Waals surface area contributed by atoms with Crippen LogP contribution in [0.2, 0.25) is 0 Å². The molecule has 0 saturated heterocycles. The highest BCUT2D eigenvalue weighted by atomic mass is 16.4. The number of benzene rings is 1. The standard InChI is InChI=1S/C12H14N2O2/c13-10-4-2-1-3-9(10)8-5-6-14-11(7-8)12(15)16/h1-5,11,14H,6-7,13H2,(H,15,16). The van der Waals surface area contributed by atoms with Crippen molar-refractivity contribution >= 4 is 17.2 Å². The van der Waals surface area contributed by atoms with Crippen LogP contribution in [0.15, 0.2) is 30.3 Å². The topological polar surface area (TPSA) is 75.3 Å². The molecule has 84 valence electrons. The summed E-state index contributed by atoms with van der Waals surface area (Å²) in [6, 6.07) is 7.01. The fourth-order valence-corrected chi connectivity index (χ4v) is 1.88. The molecule has 4 N–H and O–H groups in total. The molecule has 16 heavy (non-hydrogen) atoms. The molecule has 0 aromatic heterocycles. The molecule has 1 aliphatic heterocycles. The first-order chi connectivity index (χ1) is 7.68. The fourth-order valence-electron chi connectivity index (χ4n) is 1.88. The summed E-state index contributed by atoms with van der Waals surface area (Å²) >= 11 is 0. The first kappa shape index (κ1) is 10.7. The van der Waals surface area contributed by atoms with Gasteiger partial charge in [0.15, 0.2) is 0 Å². The number of rotatable bonds is 2. The van der Waals surface area contributed by atoms with Gasteiger partial charge in [-0.05, 0) is 18.1 Å². The van der Waals surface area contributed by atoms with E-state index in [4.69, 9.17) is 10.8 Å². The second-order valence-electron chi connectivity index (χ2n) is 3.82. The number of hydrogen-bond donors (Lipinski definition) is 3. The van der Waals surface area contributed by atoms with E-state index in [1.807, 2.05) is 30.3 Å². The van der Waals surface area contributed by atoms with Gasteiger partial charge < -0.3 is 16.2 Å². The molecule has 0 aliphatic carbocycles. The second kappa shape index (κ2) is 4.37. The quantitative estimate of drug-likeness (QED) is 0.650. The maximum absolute atomic E-state index is 10.9. The van der Waals surface area contributed by atoms with Crippen molar-refractivity contribution in [3.63, 3.8) is 0 Å². The van der Waals surface area contributed by atoms with Crippen LogP contribution in [0.4, 0.5) is 5.69 Å². The number of nitrogen functional groups attached to an aromatic ring is 1.